The molecular weight excluding hydrogens is 351 g/mol. The van der Waals surface area contributed by atoms with Gasteiger partial charge in [-0.25, -0.2) is 9.37 Å². The van der Waals surface area contributed by atoms with Gasteiger partial charge in [-0.3, -0.25) is 4.79 Å². The van der Waals surface area contributed by atoms with E-state index in [1.807, 2.05) is 62.4 Å². The molecule has 3 nitrogen and oxygen atoms in total. The van der Waals surface area contributed by atoms with Crippen LogP contribution in [0.5, 0.6) is 0 Å². The first-order valence-corrected chi connectivity index (χ1v) is 9.06. The lowest BCUT2D eigenvalue weighted by Crippen LogP contribution is -2.06. The SMILES string of the molecule is Cc1ccc(-c2nc(C(=O)c3ccccc3F)[nH]c2-c2ccc(C)cc2)cc1. The zero-order valence-electron chi connectivity index (χ0n) is 15.7. The third-order valence-electron chi connectivity index (χ3n) is 4.70. The van der Waals surface area contributed by atoms with Gasteiger partial charge in [0.1, 0.15) is 5.82 Å². The Morgan fingerprint density at radius 2 is 1.39 bits per heavy atom. The number of aryl methyl sites for hydroxylation is 2. The van der Waals surface area contributed by atoms with Gasteiger partial charge in [0.2, 0.25) is 5.78 Å². The van der Waals surface area contributed by atoms with Crippen molar-refractivity contribution in [3.05, 3.63) is 101 Å². The molecule has 0 saturated carbocycles. The number of hydrogen-bond acceptors (Lipinski definition) is 2. The van der Waals surface area contributed by atoms with Crippen LogP contribution >= 0.6 is 0 Å². The molecule has 0 radical (unpaired) electrons. The number of ketones is 1. The van der Waals surface area contributed by atoms with E-state index in [4.69, 9.17) is 0 Å². The van der Waals surface area contributed by atoms with Gasteiger partial charge in [0.05, 0.1) is 17.0 Å². The Balaban J connectivity index is 1.86. The molecule has 1 heterocycles. The maximum absolute atomic E-state index is 14.1. The van der Waals surface area contributed by atoms with Gasteiger partial charge >= 0.3 is 0 Å². The first-order chi connectivity index (χ1) is 13.5. The van der Waals surface area contributed by atoms with E-state index in [0.29, 0.717) is 5.69 Å². The quantitative estimate of drug-likeness (QED) is 0.466. The van der Waals surface area contributed by atoms with Crippen molar-refractivity contribution < 1.29 is 9.18 Å². The molecule has 28 heavy (non-hydrogen) atoms. The van der Waals surface area contributed by atoms with Gasteiger partial charge in [-0.2, -0.15) is 0 Å². The largest absolute Gasteiger partial charge is 0.335 e. The number of aromatic amines is 1. The summed E-state index contributed by atoms with van der Waals surface area (Å²) in [6, 6.07) is 21.9. The molecule has 0 fully saturated rings. The Hall–Kier alpha value is -3.53. The van der Waals surface area contributed by atoms with E-state index < -0.39 is 11.6 Å². The smallest absolute Gasteiger partial charge is 0.231 e. The van der Waals surface area contributed by atoms with Crippen molar-refractivity contribution in [2.24, 2.45) is 0 Å². The third kappa shape index (κ3) is 3.37. The van der Waals surface area contributed by atoms with Crippen LogP contribution in [0.1, 0.15) is 27.3 Å². The molecule has 0 aliphatic carbocycles. The maximum atomic E-state index is 14.1. The van der Waals surface area contributed by atoms with Crippen molar-refractivity contribution in [1.29, 1.82) is 0 Å². The van der Waals surface area contributed by atoms with Gasteiger partial charge in [0, 0.05) is 11.1 Å². The van der Waals surface area contributed by atoms with Gasteiger partial charge in [-0.05, 0) is 26.0 Å². The summed E-state index contributed by atoms with van der Waals surface area (Å²) in [5.41, 5.74) is 5.50. The van der Waals surface area contributed by atoms with Crippen LogP contribution in [0.4, 0.5) is 4.39 Å². The van der Waals surface area contributed by atoms with Gasteiger partial charge < -0.3 is 4.98 Å². The van der Waals surface area contributed by atoms with E-state index >= 15 is 0 Å². The topological polar surface area (TPSA) is 45.8 Å². The molecular formula is C24H19FN2O. The molecule has 0 aliphatic rings. The fourth-order valence-electron chi connectivity index (χ4n) is 3.10. The molecule has 1 N–H and O–H groups in total. The summed E-state index contributed by atoms with van der Waals surface area (Å²) in [6.45, 7) is 4.03. The van der Waals surface area contributed by atoms with Gasteiger partial charge in [-0.1, -0.05) is 71.8 Å². The van der Waals surface area contributed by atoms with Crippen LogP contribution in [-0.2, 0) is 0 Å². The lowest BCUT2D eigenvalue weighted by Gasteiger charge is -2.04. The number of hydrogen-bond donors (Lipinski definition) is 1. The van der Waals surface area contributed by atoms with Crippen LogP contribution in [-0.4, -0.2) is 15.8 Å². The van der Waals surface area contributed by atoms with Crippen LogP contribution < -0.4 is 0 Å². The monoisotopic (exact) mass is 370 g/mol. The summed E-state index contributed by atoms with van der Waals surface area (Å²) in [4.78, 5) is 20.6. The molecule has 0 unspecified atom stereocenters. The normalized spacial score (nSPS) is 10.8. The maximum Gasteiger partial charge on any atom is 0.231 e. The second-order valence-corrected chi connectivity index (χ2v) is 6.85. The molecule has 4 aromatic rings. The number of benzene rings is 3. The number of imidazole rings is 1. The molecule has 0 aliphatic heterocycles. The van der Waals surface area contributed by atoms with Crippen LogP contribution in [0.25, 0.3) is 22.5 Å². The average Bonchev–Trinajstić information content (AvgIpc) is 3.14. The standard InChI is InChI=1S/C24H19FN2O/c1-15-7-11-17(12-8-15)21-22(18-13-9-16(2)10-14-18)27-24(26-21)23(28)19-5-3-4-6-20(19)25/h3-14H,1-2H3,(H,26,27). The molecule has 0 amide bonds. The summed E-state index contributed by atoms with van der Waals surface area (Å²) >= 11 is 0. The summed E-state index contributed by atoms with van der Waals surface area (Å²) in [5, 5.41) is 0. The fourth-order valence-corrected chi connectivity index (χ4v) is 3.10. The van der Waals surface area contributed by atoms with Crippen molar-refractivity contribution in [3.8, 4) is 22.5 Å². The first-order valence-electron chi connectivity index (χ1n) is 9.06. The fraction of sp³-hybridized carbons (Fsp3) is 0.0833. The minimum atomic E-state index is -0.558. The molecule has 0 spiro atoms. The summed E-state index contributed by atoms with van der Waals surface area (Å²) < 4.78 is 14.1. The predicted molar refractivity (Wildman–Crippen MR) is 109 cm³/mol. The van der Waals surface area contributed by atoms with E-state index in [0.717, 1.165) is 27.9 Å². The Morgan fingerprint density at radius 1 is 0.821 bits per heavy atom. The van der Waals surface area contributed by atoms with Gasteiger partial charge in [0.25, 0.3) is 0 Å². The highest BCUT2D eigenvalue weighted by Crippen LogP contribution is 2.31. The second-order valence-electron chi connectivity index (χ2n) is 6.85. The average molecular weight is 370 g/mol. The Labute approximate surface area is 162 Å². The number of rotatable bonds is 4. The number of nitrogens with zero attached hydrogens (tertiary/aromatic N) is 1. The van der Waals surface area contributed by atoms with E-state index in [1.165, 1.54) is 12.1 Å². The van der Waals surface area contributed by atoms with Crippen LogP contribution in [0, 0.1) is 19.7 Å². The van der Waals surface area contributed by atoms with E-state index in [-0.39, 0.29) is 11.4 Å². The highest BCUT2D eigenvalue weighted by atomic mass is 19.1. The van der Waals surface area contributed by atoms with Crippen molar-refractivity contribution in [3.63, 3.8) is 0 Å². The number of aromatic nitrogens is 2. The van der Waals surface area contributed by atoms with Gasteiger partial charge in [-0.15, -0.1) is 0 Å². The molecule has 3 aromatic carbocycles. The Kier molecular flexibility index (Phi) is 4.62. The van der Waals surface area contributed by atoms with Gasteiger partial charge in [0.15, 0.2) is 5.82 Å². The minimum Gasteiger partial charge on any atom is -0.335 e. The van der Waals surface area contributed by atoms with Crippen LogP contribution in [0.2, 0.25) is 0 Å². The highest BCUT2D eigenvalue weighted by molar-refractivity contribution is 6.07. The van der Waals surface area contributed by atoms with E-state index in [9.17, 15) is 9.18 Å². The molecule has 0 saturated heterocycles. The summed E-state index contributed by atoms with van der Waals surface area (Å²) in [7, 11) is 0. The first kappa shape index (κ1) is 17.9. The van der Waals surface area contributed by atoms with Crippen molar-refractivity contribution in [2.45, 2.75) is 13.8 Å². The number of halogens is 1. The molecule has 138 valence electrons. The third-order valence-corrected chi connectivity index (χ3v) is 4.70. The van der Waals surface area contributed by atoms with E-state index in [2.05, 4.69) is 9.97 Å². The zero-order valence-corrected chi connectivity index (χ0v) is 15.7. The Bertz CT molecular complexity index is 1080. The zero-order chi connectivity index (χ0) is 19.7. The van der Waals surface area contributed by atoms with Crippen LogP contribution in [0.15, 0.2) is 72.8 Å². The number of carbonyl (C=O) groups is 1. The molecule has 4 heteroatoms. The molecule has 0 atom stereocenters. The van der Waals surface area contributed by atoms with Crippen molar-refractivity contribution in [1.82, 2.24) is 9.97 Å². The number of carbonyl (C=O) groups excluding carboxylic acids is 1. The van der Waals surface area contributed by atoms with Crippen LogP contribution in [0.3, 0.4) is 0 Å². The Morgan fingerprint density at radius 3 is 2.00 bits per heavy atom. The second kappa shape index (κ2) is 7.24. The summed E-state index contributed by atoms with van der Waals surface area (Å²) in [6.07, 6.45) is 0. The summed E-state index contributed by atoms with van der Waals surface area (Å²) in [5.74, 6) is -0.904. The minimum absolute atomic E-state index is 0.00200. The van der Waals surface area contributed by atoms with E-state index in [1.54, 1.807) is 12.1 Å². The lowest BCUT2D eigenvalue weighted by molar-refractivity contribution is 0.102. The number of nitrogens with one attached hydrogen (secondary N) is 1. The lowest BCUT2D eigenvalue weighted by atomic mass is 10.0. The molecule has 4 rings (SSSR count). The van der Waals surface area contributed by atoms with Crippen molar-refractivity contribution in [2.75, 3.05) is 0 Å². The predicted octanol–water partition coefficient (Wildman–Crippen LogP) is 5.73. The molecule has 1 aromatic heterocycles. The number of H-pyrrole nitrogens is 1. The highest BCUT2D eigenvalue weighted by Gasteiger charge is 2.21. The molecule has 0 bridgehead atoms. The van der Waals surface area contributed by atoms with Crippen molar-refractivity contribution >= 4 is 5.78 Å².